The van der Waals surface area contributed by atoms with E-state index >= 15 is 0 Å². The molecule has 0 amide bonds. The van der Waals surface area contributed by atoms with E-state index in [1.54, 1.807) is 37.3 Å². The van der Waals surface area contributed by atoms with Crippen LogP contribution in [0.25, 0.3) is 11.6 Å². The molecule has 0 saturated heterocycles. The van der Waals surface area contributed by atoms with Crippen molar-refractivity contribution in [3.8, 4) is 17.6 Å². The Bertz CT molecular complexity index is 766. The minimum absolute atomic E-state index is 0.00438. The number of hydrogen-bond donors (Lipinski definition) is 1. The van der Waals surface area contributed by atoms with Crippen molar-refractivity contribution in [3.05, 3.63) is 57.8 Å². The van der Waals surface area contributed by atoms with Gasteiger partial charge in [-0.1, -0.05) is 34.1 Å². The monoisotopic (exact) mass is 361 g/mol. The van der Waals surface area contributed by atoms with Crippen LogP contribution in [-0.4, -0.2) is 11.7 Å². The van der Waals surface area contributed by atoms with Crippen LogP contribution in [0.1, 0.15) is 18.1 Å². The van der Waals surface area contributed by atoms with Gasteiger partial charge in [-0.05, 0) is 36.8 Å². The average Bonchev–Trinajstić information content (AvgIpc) is 2.50. The molecule has 3 nitrogen and oxygen atoms in total. The lowest BCUT2D eigenvalue weighted by atomic mass is 10.0. The number of phenols is 1. The van der Waals surface area contributed by atoms with Gasteiger partial charge >= 0.3 is 0 Å². The summed E-state index contributed by atoms with van der Waals surface area (Å²) in [6.07, 6.45) is 1.55. The van der Waals surface area contributed by atoms with Crippen molar-refractivity contribution in [3.63, 3.8) is 0 Å². The first kappa shape index (κ1) is 16.1. The second kappa shape index (κ2) is 7.10. The average molecular weight is 362 g/mol. The minimum Gasteiger partial charge on any atom is -0.504 e. The SMILES string of the molecule is CCOc1cc(/C=C(/C#N)c2ccccc2F)c(Br)cc1O. The highest BCUT2D eigenvalue weighted by molar-refractivity contribution is 9.10. The van der Waals surface area contributed by atoms with E-state index in [-0.39, 0.29) is 16.9 Å². The van der Waals surface area contributed by atoms with E-state index in [0.717, 1.165) is 0 Å². The lowest BCUT2D eigenvalue weighted by Gasteiger charge is -2.09. The van der Waals surface area contributed by atoms with Crippen LogP contribution in [0, 0.1) is 17.1 Å². The van der Waals surface area contributed by atoms with Gasteiger partial charge in [-0.2, -0.15) is 5.26 Å². The van der Waals surface area contributed by atoms with Crippen LogP contribution < -0.4 is 4.74 Å². The van der Waals surface area contributed by atoms with E-state index in [1.807, 2.05) is 6.07 Å². The molecule has 0 unspecified atom stereocenters. The smallest absolute Gasteiger partial charge is 0.161 e. The Morgan fingerprint density at radius 2 is 2.14 bits per heavy atom. The minimum atomic E-state index is -0.463. The first-order valence-corrected chi connectivity index (χ1v) is 7.38. The molecule has 0 bridgehead atoms. The second-order valence-electron chi connectivity index (χ2n) is 4.42. The van der Waals surface area contributed by atoms with Gasteiger partial charge in [0.2, 0.25) is 0 Å². The summed E-state index contributed by atoms with van der Waals surface area (Å²) < 4.78 is 19.7. The molecule has 0 aliphatic heterocycles. The zero-order valence-electron chi connectivity index (χ0n) is 11.8. The number of rotatable bonds is 4. The normalized spacial score (nSPS) is 11.1. The molecule has 1 N–H and O–H groups in total. The van der Waals surface area contributed by atoms with Crippen molar-refractivity contribution in [2.24, 2.45) is 0 Å². The number of phenolic OH excluding ortho intramolecular Hbond substituents is 1. The molecule has 0 spiro atoms. The van der Waals surface area contributed by atoms with Crippen molar-refractivity contribution in [2.75, 3.05) is 6.61 Å². The van der Waals surface area contributed by atoms with Crippen molar-refractivity contribution < 1.29 is 14.2 Å². The summed E-state index contributed by atoms with van der Waals surface area (Å²) in [5, 5.41) is 19.1. The number of nitrogens with zero attached hydrogens (tertiary/aromatic N) is 1. The van der Waals surface area contributed by atoms with Crippen LogP contribution in [0.15, 0.2) is 40.9 Å². The fourth-order valence-electron chi connectivity index (χ4n) is 1.95. The largest absolute Gasteiger partial charge is 0.504 e. The summed E-state index contributed by atoms with van der Waals surface area (Å²) in [6.45, 7) is 2.20. The van der Waals surface area contributed by atoms with E-state index in [2.05, 4.69) is 15.9 Å². The van der Waals surface area contributed by atoms with Crippen molar-refractivity contribution >= 4 is 27.6 Å². The van der Waals surface area contributed by atoms with E-state index in [4.69, 9.17) is 4.74 Å². The van der Waals surface area contributed by atoms with Crippen LogP contribution in [0.3, 0.4) is 0 Å². The van der Waals surface area contributed by atoms with E-state index in [0.29, 0.717) is 22.4 Å². The predicted molar refractivity (Wildman–Crippen MR) is 86.9 cm³/mol. The third kappa shape index (κ3) is 3.46. The van der Waals surface area contributed by atoms with Crippen LogP contribution >= 0.6 is 15.9 Å². The number of nitriles is 1. The molecule has 22 heavy (non-hydrogen) atoms. The molecule has 112 valence electrons. The van der Waals surface area contributed by atoms with Crippen molar-refractivity contribution in [2.45, 2.75) is 6.92 Å². The van der Waals surface area contributed by atoms with Gasteiger partial charge in [-0.25, -0.2) is 4.39 Å². The van der Waals surface area contributed by atoms with Gasteiger partial charge in [0.25, 0.3) is 0 Å². The molecule has 2 aromatic rings. The van der Waals surface area contributed by atoms with Crippen molar-refractivity contribution in [1.29, 1.82) is 5.26 Å². The molecule has 0 radical (unpaired) electrons. The number of allylic oxidation sites excluding steroid dienone is 1. The maximum Gasteiger partial charge on any atom is 0.161 e. The molecule has 0 heterocycles. The molecule has 0 aliphatic carbocycles. The number of ether oxygens (including phenoxy) is 1. The molecular formula is C17H13BrFNO2. The molecule has 2 aromatic carbocycles. The Labute approximate surface area is 136 Å². The van der Waals surface area contributed by atoms with Crippen molar-refractivity contribution in [1.82, 2.24) is 0 Å². The topological polar surface area (TPSA) is 53.2 Å². The van der Waals surface area contributed by atoms with E-state index in [1.165, 1.54) is 12.1 Å². The van der Waals surface area contributed by atoms with Gasteiger partial charge in [-0.3, -0.25) is 0 Å². The number of benzene rings is 2. The summed E-state index contributed by atoms with van der Waals surface area (Å²) in [7, 11) is 0. The Morgan fingerprint density at radius 3 is 2.77 bits per heavy atom. The summed E-state index contributed by atoms with van der Waals surface area (Å²) in [6, 6.07) is 11.2. The standard InChI is InChI=1S/C17H13BrFNO2/c1-2-22-17-8-11(14(18)9-16(17)21)7-12(10-20)13-5-3-4-6-15(13)19/h3-9,21H,2H2,1H3/b12-7-. The lowest BCUT2D eigenvalue weighted by molar-refractivity contribution is 0.318. The summed E-state index contributed by atoms with van der Waals surface area (Å²) in [5.41, 5.74) is 1.02. The van der Waals surface area contributed by atoms with Gasteiger partial charge in [0.1, 0.15) is 5.82 Å². The molecular weight excluding hydrogens is 349 g/mol. The predicted octanol–water partition coefficient (Wildman–Crippen LogP) is 4.76. The van der Waals surface area contributed by atoms with Crippen LogP contribution in [-0.2, 0) is 0 Å². The summed E-state index contributed by atoms with van der Waals surface area (Å²) >= 11 is 3.32. The van der Waals surface area contributed by atoms with Crippen LogP contribution in [0.2, 0.25) is 0 Å². The number of halogens is 2. The lowest BCUT2D eigenvalue weighted by Crippen LogP contribution is -1.93. The Morgan fingerprint density at radius 1 is 1.41 bits per heavy atom. The highest BCUT2D eigenvalue weighted by Crippen LogP contribution is 2.34. The van der Waals surface area contributed by atoms with E-state index in [9.17, 15) is 14.8 Å². The van der Waals surface area contributed by atoms with Gasteiger partial charge in [0.05, 0.1) is 18.2 Å². The van der Waals surface area contributed by atoms with Gasteiger partial charge in [0, 0.05) is 10.0 Å². The molecule has 5 heteroatoms. The van der Waals surface area contributed by atoms with E-state index < -0.39 is 5.82 Å². The Hall–Kier alpha value is -2.32. The quantitative estimate of drug-likeness (QED) is 0.631. The summed E-state index contributed by atoms with van der Waals surface area (Å²) in [4.78, 5) is 0. The number of aromatic hydroxyl groups is 1. The maximum absolute atomic E-state index is 13.8. The second-order valence-corrected chi connectivity index (χ2v) is 5.28. The third-order valence-electron chi connectivity index (χ3n) is 2.96. The zero-order valence-corrected chi connectivity index (χ0v) is 13.4. The maximum atomic E-state index is 13.8. The highest BCUT2D eigenvalue weighted by atomic mass is 79.9. The fourth-order valence-corrected chi connectivity index (χ4v) is 2.39. The Kier molecular flexibility index (Phi) is 5.18. The van der Waals surface area contributed by atoms with Crippen LogP contribution in [0.5, 0.6) is 11.5 Å². The first-order chi connectivity index (χ1) is 10.6. The molecule has 0 saturated carbocycles. The highest BCUT2D eigenvalue weighted by Gasteiger charge is 2.11. The first-order valence-electron chi connectivity index (χ1n) is 6.58. The fraction of sp³-hybridized carbons (Fsp3) is 0.118. The van der Waals surface area contributed by atoms with Gasteiger partial charge in [-0.15, -0.1) is 0 Å². The number of hydrogen-bond acceptors (Lipinski definition) is 3. The van der Waals surface area contributed by atoms with Crippen LogP contribution in [0.4, 0.5) is 4.39 Å². The molecule has 0 fully saturated rings. The van der Waals surface area contributed by atoms with Gasteiger partial charge < -0.3 is 9.84 Å². The molecule has 2 rings (SSSR count). The van der Waals surface area contributed by atoms with Gasteiger partial charge in [0.15, 0.2) is 11.5 Å². The summed E-state index contributed by atoms with van der Waals surface area (Å²) in [5.74, 6) is -0.159. The molecule has 0 aliphatic rings. The zero-order chi connectivity index (χ0) is 16.1. The molecule has 0 atom stereocenters. The third-order valence-corrected chi connectivity index (χ3v) is 3.65. The molecule has 0 aromatic heterocycles. The Balaban J connectivity index is 2.53.